The topological polar surface area (TPSA) is 65.2 Å². The lowest BCUT2D eigenvalue weighted by Gasteiger charge is -2.06. The number of halogens is 1. The molecule has 0 spiro atoms. The Bertz CT molecular complexity index is 1080. The van der Waals surface area contributed by atoms with Crippen LogP contribution in [0.15, 0.2) is 47.6 Å². The Morgan fingerprint density at radius 1 is 1.22 bits per heavy atom. The zero-order valence-electron chi connectivity index (χ0n) is 15.2. The van der Waals surface area contributed by atoms with Crippen LogP contribution in [0.3, 0.4) is 0 Å². The maximum atomic E-state index is 12.8. The van der Waals surface area contributed by atoms with Gasteiger partial charge in [-0.3, -0.25) is 10.2 Å². The van der Waals surface area contributed by atoms with Gasteiger partial charge in [0.1, 0.15) is 6.07 Å². The summed E-state index contributed by atoms with van der Waals surface area (Å²) in [5, 5.41) is 15.0. The summed E-state index contributed by atoms with van der Waals surface area (Å²) in [5.41, 5.74) is 5.37. The number of Topliss-reactive ketones (excluding diaryl/α,β-unsaturated/α-hetero) is 1. The lowest BCUT2D eigenvalue weighted by Crippen LogP contribution is -2.14. The minimum atomic E-state index is -0.390. The van der Waals surface area contributed by atoms with Gasteiger partial charge in [-0.1, -0.05) is 37.6 Å². The van der Waals surface area contributed by atoms with E-state index in [0.717, 1.165) is 21.3 Å². The van der Waals surface area contributed by atoms with Crippen molar-refractivity contribution in [1.82, 2.24) is 0 Å². The molecule has 0 fully saturated rings. The number of thiophene rings is 1. The Morgan fingerprint density at radius 2 is 1.93 bits per heavy atom. The smallest absolute Gasteiger partial charge is 0.234 e. The van der Waals surface area contributed by atoms with Crippen LogP contribution in [0.25, 0.3) is 10.1 Å². The number of rotatable bonds is 5. The third-order valence-corrected chi connectivity index (χ3v) is 5.81. The summed E-state index contributed by atoms with van der Waals surface area (Å²) >= 11 is 7.39. The first-order valence-corrected chi connectivity index (χ1v) is 9.67. The number of ketones is 1. The van der Waals surface area contributed by atoms with Crippen molar-refractivity contribution in [3.63, 3.8) is 0 Å². The Kier molecular flexibility index (Phi) is 5.59. The highest BCUT2D eigenvalue weighted by Gasteiger charge is 2.21. The molecule has 1 aromatic heterocycles. The van der Waals surface area contributed by atoms with Gasteiger partial charge in [-0.2, -0.15) is 10.4 Å². The van der Waals surface area contributed by atoms with E-state index in [0.29, 0.717) is 15.8 Å². The van der Waals surface area contributed by atoms with E-state index in [1.54, 1.807) is 6.07 Å². The van der Waals surface area contributed by atoms with Crippen molar-refractivity contribution in [2.24, 2.45) is 5.10 Å². The summed E-state index contributed by atoms with van der Waals surface area (Å²) in [6, 6.07) is 15.2. The Hall–Kier alpha value is -2.68. The van der Waals surface area contributed by atoms with Crippen LogP contribution in [-0.2, 0) is 0 Å². The molecule has 1 N–H and O–H groups in total. The summed E-state index contributed by atoms with van der Waals surface area (Å²) in [5.74, 6) is 0.0434. The van der Waals surface area contributed by atoms with E-state index in [9.17, 15) is 10.1 Å². The quantitative estimate of drug-likeness (QED) is 0.319. The van der Waals surface area contributed by atoms with Gasteiger partial charge < -0.3 is 0 Å². The first kappa shape index (κ1) is 19.1. The van der Waals surface area contributed by atoms with Gasteiger partial charge in [0.2, 0.25) is 11.5 Å². The van der Waals surface area contributed by atoms with E-state index in [2.05, 4.69) is 24.4 Å². The van der Waals surface area contributed by atoms with Crippen LogP contribution in [0.5, 0.6) is 0 Å². The number of hydrazone groups is 1. The Labute approximate surface area is 167 Å². The fraction of sp³-hybridized carbons (Fsp3) is 0.190. The number of anilines is 1. The van der Waals surface area contributed by atoms with Crippen LogP contribution in [0, 0.1) is 18.3 Å². The van der Waals surface area contributed by atoms with Gasteiger partial charge in [0.05, 0.1) is 10.6 Å². The van der Waals surface area contributed by atoms with E-state index in [-0.39, 0.29) is 5.71 Å². The molecule has 136 valence electrons. The lowest BCUT2D eigenvalue weighted by atomic mass is 10.0. The van der Waals surface area contributed by atoms with Crippen molar-refractivity contribution in [3.05, 3.63) is 63.5 Å². The second-order valence-corrected chi connectivity index (χ2v) is 7.98. The molecule has 0 saturated heterocycles. The van der Waals surface area contributed by atoms with Gasteiger partial charge in [-0.15, -0.1) is 11.3 Å². The Morgan fingerprint density at radius 3 is 2.56 bits per heavy atom. The van der Waals surface area contributed by atoms with Gasteiger partial charge in [0.15, 0.2) is 0 Å². The highest BCUT2D eigenvalue weighted by Crippen LogP contribution is 2.33. The molecule has 0 atom stereocenters. The number of aryl methyl sites for hydroxylation is 1. The maximum absolute atomic E-state index is 12.8. The van der Waals surface area contributed by atoms with Gasteiger partial charge >= 0.3 is 0 Å². The standard InChI is InChI=1S/C21H18ClN3OS/c1-12(2)14-4-7-16(8-5-14)24-25-18(11-23)20(26)21-13(3)17-10-15(22)6-9-19(17)27-21/h4-10,12,24H,1-3H3/b25-18-. The van der Waals surface area contributed by atoms with Crippen LogP contribution >= 0.6 is 22.9 Å². The van der Waals surface area contributed by atoms with E-state index >= 15 is 0 Å². The van der Waals surface area contributed by atoms with Gasteiger partial charge in [-0.05, 0) is 59.7 Å². The highest BCUT2D eigenvalue weighted by atomic mass is 35.5. The van der Waals surface area contributed by atoms with Crippen LogP contribution in [0.4, 0.5) is 5.69 Å². The minimum Gasteiger partial charge on any atom is -0.285 e. The molecule has 0 aliphatic carbocycles. The molecule has 4 nitrogen and oxygen atoms in total. The van der Waals surface area contributed by atoms with Crippen LogP contribution in [-0.4, -0.2) is 11.5 Å². The molecule has 0 aliphatic heterocycles. The van der Waals surface area contributed by atoms with Crippen molar-refractivity contribution < 1.29 is 4.79 Å². The molecule has 0 unspecified atom stereocenters. The summed E-state index contributed by atoms with van der Waals surface area (Å²) in [6.07, 6.45) is 0. The summed E-state index contributed by atoms with van der Waals surface area (Å²) in [4.78, 5) is 13.3. The normalized spacial score (nSPS) is 11.6. The van der Waals surface area contributed by atoms with Crippen LogP contribution < -0.4 is 5.43 Å². The van der Waals surface area contributed by atoms with Crippen LogP contribution in [0.1, 0.15) is 40.6 Å². The van der Waals surface area contributed by atoms with Gasteiger partial charge in [0.25, 0.3) is 0 Å². The number of fused-ring (bicyclic) bond motifs is 1. The molecule has 3 aromatic rings. The predicted octanol–water partition coefficient (Wildman–Crippen LogP) is 6.16. The molecule has 27 heavy (non-hydrogen) atoms. The van der Waals surface area contributed by atoms with E-state index in [4.69, 9.17) is 11.6 Å². The van der Waals surface area contributed by atoms with Crippen molar-refractivity contribution in [3.8, 4) is 6.07 Å². The number of carbonyl (C=O) groups excluding carboxylic acids is 1. The van der Waals surface area contributed by atoms with Crippen molar-refractivity contribution in [2.45, 2.75) is 26.7 Å². The number of hydrogen-bond acceptors (Lipinski definition) is 5. The molecule has 0 bridgehead atoms. The predicted molar refractivity (Wildman–Crippen MR) is 113 cm³/mol. The van der Waals surface area contributed by atoms with Crippen LogP contribution in [0.2, 0.25) is 5.02 Å². The van der Waals surface area contributed by atoms with Crippen molar-refractivity contribution >= 4 is 50.2 Å². The number of benzene rings is 2. The zero-order valence-corrected chi connectivity index (χ0v) is 16.8. The third-order valence-electron chi connectivity index (χ3n) is 4.30. The third kappa shape index (κ3) is 4.02. The van der Waals surface area contributed by atoms with Gasteiger partial charge in [0, 0.05) is 9.72 Å². The summed E-state index contributed by atoms with van der Waals surface area (Å²) in [7, 11) is 0. The number of hydrogen-bond donors (Lipinski definition) is 1. The fourth-order valence-corrected chi connectivity index (χ4v) is 4.01. The average Bonchev–Trinajstić information content (AvgIpc) is 2.98. The second kappa shape index (κ2) is 7.91. The molecule has 0 radical (unpaired) electrons. The molecule has 0 amide bonds. The van der Waals surface area contributed by atoms with E-state index in [1.807, 2.05) is 49.4 Å². The molecule has 1 heterocycles. The largest absolute Gasteiger partial charge is 0.285 e. The summed E-state index contributed by atoms with van der Waals surface area (Å²) < 4.78 is 0.953. The highest BCUT2D eigenvalue weighted by molar-refractivity contribution is 7.21. The molecule has 0 saturated carbocycles. The van der Waals surface area contributed by atoms with E-state index < -0.39 is 5.78 Å². The summed E-state index contributed by atoms with van der Waals surface area (Å²) in [6.45, 7) is 6.09. The molecule has 2 aromatic carbocycles. The molecule has 6 heteroatoms. The number of nitrogens with zero attached hydrogens (tertiary/aromatic N) is 2. The first-order chi connectivity index (χ1) is 12.9. The molecular formula is C21H18ClN3OS. The van der Waals surface area contributed by atoms with Crippen molar-refractivity contribution in [1.29, 1.82) is 5.26 Å². The number of nitrogens with one attached hydrogen (secondary N) is 1. The zero-order chi connectivity index (χ0) is 19.6. The van der Waals surface area contributed by atoms with Crippen molar-refractivity contribution in [2.75, 3.05) is 5.43 Å². The fourth-order valence-electron chi connectivity index (χ4n) is 2.71. The lowest BCUT2D eigenvalue weighted by molar-refractivity contribution is 0.107. The Balaban J connectivity index is 1.87. The second-order valence-electron chi connectivity index (χ2n) is 6.49. The number of carbonyl (C=O) groups is 1. The monoisotopic (exact) mass is 395 g/mol. The van der Waals surface area contributed by atoms with E-state index in [1.165, 1.54) is 16.9 Å². The van der Waals surface area contributed by atoms with Gasteiger partial charge in [-0.25, -0.2) is 0 Å². The SMILES string of the molecule is Cc1c(C(=O)/C(C#N)=N\Nc2ccc(C(C)C)cc2)sc2ccc(Cl)cc12. The number of nitriles is 1. The maximum Gasteiger partial charge on any atom is 0.234 e. The molecule has 0 aliphatic rings. The molecule has 3 rings (SSSR count). The first-order valence-electron chi connectivity index (χ1n) is 8.47. The average molecular weight is 396 g/mol. The molecular weight excluding hydrogens is 378 g/mol. The minimum absolute atomic E-state index is 0.177.